The second kappa shape index (κ2) is 6.86. The molecule has 2 aromatic rings. The molecule has 1 aromatic heterocycles. The van der Waals surface area contributed by atoms with Crippen molar-refractivity contribution < 1.29 is 10.2 Å². The van der Waals surface area contributed by atoms with Crippen molar-refractivity contribution in [3.63, 3.8) is 0 Å². The third kappa shape index (κ3) is 3.38. The van der Waals surface area contributed by atoms with E-state index in [1.807, 2.05) is 13.0 Å². The molecule has 5 N–H and O–H groups in total. The summed E-state index contributed by atoms with van der Waals surface area (Å²) in [5.74, 6) is 0.820. The summed E-state index contributed by atoms with van der Waals surface area (Å²) < 4.78 is 0. The van der Waals surface area contributed by atoms with Gasteiger partial charge in [-0.1, -0.05) is 0 Å². The monoisotopic (exact) mass is 370 g/mol. The number of aliphatic hydroxyl groups is 1. The molecule has 1 aromatic carbocycles. The van der Waals surface area contributed by atoms with Crippen molar-refractivity contribution in [2.75, 3.05) is 42.6 Å². The summed E-state index contributed by atoms with van der Waals surface area (Å²) in [6.07, 6.45) is 1.51. The highest BCUT2D eigenvalue weighted by Gasteiger charge is 2.32. The first-order valence-electron chi connectivity index (χ1n) is 9.29. The third-order valence-corrected chi connectivity index (χ3v) is 5.37. The number of nitrogen functional groups attached to an aromatic ring is 1. The van der Waals surface area contributed by atoms with Crippen LogP contribution in [0.3, 0.4) is 0 Å². The molecule has 1 fully saturated rings. The van der Waals surface area contributed by atoms with E-state index < -0.39 is 6.23 Å². The summed E-state index contributed by atoms with van der Waals surface area (Å²) in [4.78, 5) is 4.46. The summed E-state index contributed by atoms with van der Waals surface area (Å²) in [6.45, 7) is 4.39. The second-order valence-corrected chi connectivity index (χ2v) is 7.57. The number of piperidine rings is 1. The Bertz CT molecular complexity index is 835. The van der Waals surface area contributed by atoms with Crippen LogP contribution in [0, 0.1) is 6.92 Å². The van der Waals surface area contributed by atoms with E-state index in [2.05, 4.69) is 32.4 Å². The Labute approximate surface area is 158 Å². The predicted octanol–water partition coefficient (Wildman–Crippen LogP) is 1.38. The summed E-state index contributed by atoms with van der Waals surface area (Å²) >= 11 is 0. The van der Waals surface area contributed by atoms with Crippen molar-refractivity contribution in [1.29, 1.82) is 0 Å². The molecule has 0 bridgehead atoms. The molecule has 0 saturated carbocycles. The minimum atomic E-state index is -0.678. The maximum absolute atomic E-state index is 10.3. The number of aromatic hydroxyl groups is 1. The number of nitrogens with zero attached hydrogens (tertiary/aromatic N) is 4. The zero-order valence-corrected chi connectivity index (χ0v) is 15.7. The highest BCUT2D eigenvalue weighted by Crippen LogP contribution is 2.38. The van der Waals surface area contributed by atoms with Crippen molar-refractivity contribution in [1.82, 2.24) is 15.1 Å². The Hall–Kier alpha value is -2.58. The van der Waals surface area contributed by atoms with E-state index in [4.69, 9.17) is 5.73 Å². The molecule has 8 nitrogen and oxygen atoms in total. The van der Waals surface area contributed by atoms with Gasteiger partial charge in [0.2, 0.25) is 0 Å². The quantitative estimate of drug-likeness (QED) is 0.587. The molecule has 2 atom stereocenters. The summed E-state index contributed by atoms with van der Waals surface area (Å²) in [7, 11) is 2.12. The van der Waals surface area contributed by atoms with Crippen molar-refractivity contribution >= 4 is 17.2 Å². The van der Waals surface area contributed by atoms with Gasteiger partial charge in [0, 0.05) is 29.9 Å². The molecule has 4 rings (SSSR count). The molecule has 8 heteroatoms. The van der Waals surface area contributed by atoms with Crippen LogP contribution in [0.5, 0.6) is 5.75 Å². The van der Waals surface area contributed by atoms with Crippen molar-refractivity contribution in [3.8, 4) is 17.0 Å². The fraction of sp³-hybridized carbons (Fsp3) is 0.474. The molecule has 27 heavy (non-hydrogen) atoms. The third-order valence-electron chi connectivity index (χ3n) is 5.37. The van der Waals surface area contributed by atoms with Gasteiger partial charge >= 0.3 is 0 Å². The van der Waals surface area contributed by atoms with E-state index >= 15 is 0 Å². The summed E-state index contributed by atoms with van der Waals surface area (Å²) in [5, 5.41) is 32.6. The van der Waals surface area contributed by atoms with Crippen LogP contribution in [-0.2, 0) is 0 Å². The molecule has 1 saturated heterocycles. The molecule has 2 aliphatic rings. The lowest BCUT2D eigenvalue weighted by molar-refractivity contribution is 0.186. The molecule has 0 radical (unpaired) electrons. The van der Waals surface area contributed by atoms with Crippen LogP contribution in [0.1, 0.15) is 18.4 Å². The number of aromatic nitrogens is 2. The van der Waals surface area contributed by atoms with Crippen LogP contribution >= 0.6 is 0 Å². The van der Waals surface area contributed by atoms with Crippen LogP contribution in [-0.4, -0.2) is 64.3 Å². The van der Waals surface area contributed by atoms with Gasteiger partial charge in [0.1, 0.15) is 12.0 Å². The Morgan fingerprint density at radius 2 is 2.04 bits per heavy atom. The molecule has 0 amide bonds. The average Bonchev–Trinajstić information content (AvgIpc) is 2.60. The van der Waals surface area contributed by atoms with E-state index in [1.165, 1.54) is 6.07 Å². The van der Waals surface area contributed by atoms with Crippen LogP contribution in [0.2, 0.25) is 0 Å². The number of fused-ring (bicyclic) bond motifs is 1. The molecule has 1 unspecified atom stereocenters. The van der Waals surface area contributed by atoms with Crippen LogP contribution in [0.15, 0.2) is 18.2 Å². The number of nitrogens with two attached hydrogens (primary N) is 1. The number of phenolic OH excluding ortho intramolecular Hbond substituents is 1. The number of hydrogen-bond donors (Lipinski definition) is 4. The zero-order valence-electron chi connectivity index (χ0n) is 15.7. The van der Waals surface area contributed by atoms with E-state index in [0.29, 0.717) is 29.5 Å². The SMILES string of the molecule is Cc1cc(N)cc(O)c1-c1cc2c(nn1)N([C@@H]1CCCN(C)C1)CC(O)N2. The molecule has 0 aliphatic carbocycles. The predicted molar refractivity (Wildman–Crippen MR) is 106 cm³/mol. The van der Waals surface area contributed by atoms with Crippen molar-refractivity contribution in [3.05, 3.63) is 23.8 Å². The summed E-state index contributed by atoms with van der Waals surface area (Å²) in [6, 6.07) is 5.44. The van der Waals surface area contributed by atoms with Gasteiger partial charge < -0.3 is 31.1 Å². The van der Waals surface area contributed by atoms with E-state index in [-0.39, 0.29) is 5.75 Å². The zero-order chi connectivity index (χ0) is 19.1. The fourth-order valence-corrected chi connectivity index (χ4v) is 4.17. The number of nitrogens with one attached hydrogen (secondary N) is 1. The average molecular weight is 370 g/mol. The first-order valence-corrected chi connectivity index (χ1v) is 9.29. The highest BCUT2D eigenvalue weighted by molar-refractivity contribution is 5.79. The lowest BCUT2D eigenvalue weighted by Gasteiger charge is -2.42. The minimum absolute atomic E-state index is 0.0730. The number of benzene rings is 1. The molecule has 144 valence electrons. The standard InChI is InChI=1S/C19H26N6O2/c1-11-6-12(20)7-16(26)18(11)14-8-15-19(23-22-14)25(10-17(27)21-15)13-4-3-5-24(2)9-13/h6-8,13,17,21,26-27H,3-5,9-10,20H2,1-2H3/t13-,17?/m1/s1. The smallest absolute Gasteiger partial charge is 0.175 e. The van der Waals surface area contributed by atoms with Crippen LogP contribution in [0.25, 0.3) is 11.3 Å². The van der Waals surface area contributed by atoms with E-state index in [1.54, 1.807) is 6.07 Å². The van der Waals surface area contributed by atoms with Gasteiger partial charge in [-0.3, -0.25) is 0 Å². The number of likely N-dealkylation sites (tertiary alicyclic amines) is 1. The number of phenols is 1. The number of aliphatic hydroxyl groups excluding tert-OH is 1. The lowest BCUT2D eigenvalue weighted by atomic mass is 10.0. The van der Waals surface area contributed by atoms with Crippen LogP contribution < -0.4 is 16.0 Å². The minimum Gasteiger partial charge on any atom is -0.507 e. The molecular formula is C19H26N6O2. The maximum atomic E-state index is 10.3. The Morgan fingerprint density at radius 1 is 1.22 bits per heavy atom. The van der Waals surface area contributed by atoms with Gasteiger partial charge in [0.05, 0.1) is 17.9 Å². The van der Waals surface area contributed by atoms with Gasteiger partial charge in [-0.25, -0.2) is 0 Å². The van der Waals surface area contributed by atoms with Crippen molar-refractivity contribution in [2.45, 2.75) is 32.0 Å². The molecular weight excluding hydrogens is 344 g/mol. The first kappa shape index (κ1) is 17.8. The van der Waals surface area contributed by atoms with E-state index in [9.17, 15) is 10.2 Å². The number of aryl methyl sites for hydroxylation is 1. The van der Waals surface area contributed by atoms with Crippen molar-refractivity contribution in [2.24, 2.45) is 0 Å². The normalized spacial score (nSPS) is 23.0. The van der Waals surface area contributed by atoms with Gasteiger partial charge in [-0.05, 0) is 51.1 Å². The molecule has 0 spiro atoms. The first-order chi connectivity index (χ1) is 12.9. The Morgan fingerprint density at radius 3 is 2.78 bits per heavy atom. The fourth-order valence-electron chi connectivity index (χ4n) is 4.17. The van der Waals surface area contributed by atoms with Gasteiger partial charge in [-0.15, -0.1) is 10.2 Å². The Balaban J connectivity index is 1.72. The number of rotatable bonds is 2. The van der Waals surface area contributed by atoms with Gasteiger partial charge in [-0.2, -0.15) is 0 Å². The largest absolute Gasteiger partial charge is 0.507 e. The molecule has 2 aliphatic heterocycles. The lowest BCUT2D eigenvalue weighted by Crippen LogP contribution is -2.53. The highest BCUT2D eigenvalue weighted by atomic mass is 16.3. The summed E-state index contributed by atoms with van der Waals surface area (Å²) in [5.41, 5.74) is 8.99. The number of anilines is 3. The second-order valence-electron chi connectivity index (χ2n) is 7.57. The number of hydrogen-bond acceptors (Lipinski definition) is 8. The number of likely N-dealkylation sites (N-methyl/N-ethyl adjacent to an activating group) is 1. The van der Waals surface area contributed by atoms with E-state index in [0.717, 1.165) is 43.0 Å². The van der Waals surface area contributed by atoms with Gasteiger partial charge in [0.15, 0.2) is 5.82 Å². The Kier molecular flexibility index (Phi) is 4.53. The maximum Gasteiger partial charge on any atom is 0.175 e. The molecule has 3 heterocycles. The van der Waals surface area contributed by atoms with Crippen LogP contribution in [0.4, 0.5) is 17.2 Å². The number of β-amino-alcohol motifs (C(OH)–C–C–N with tert-alkyl or cyclic N) is 1. The van der Waals surface area contributed by atoms with Gasteiger partial charge in [0.25, 0.3) is 0 Å². The topological polar surface area (TPSA) is 111 Å².